The van der Waals surface area contributed by atoms with Crippen molar-refractivity contribution in [3.8, 4) is 5.75 Å². The van der Waals surface area contributed by atoms with Crippen molar-refractivity contribution in [2.45, 2.75) is 11.4 Å². The van der Waals surface area contributed by atoms with Crippen molar-refractivity contribution in [1.82, 2.24) is 14.8 Å². The Morgan fingerprint density at radius 1 is 1.24 bits per heavy atom. The van der Waals surface area contributed by atoms with E-state index < -0.39 is 10.0 Å². The Kier molecular flexibility index (Phi) is 4.91. The lowest BCUT2D eigenvalue weighted by Crippen LogP contribution is -2.14. The van der Waals surface area contributed by atoms with Gasteiger partial charge in [-0.3, -0.25) is 14.4 Å². The Bertz CT molecular complexity index is 974. The number of nitrogens with zero attached hydrogens (tertiary/aromatic N) is 3. The first-order valence-corrected chi connectivity index (χ1v) is 9.14. The van der Waals surface area contributed by atoms with Crippen molar-refractivity contribution in [3.63, 3.8) is 0 Å². The summed E-state index contributed by atoms with van der Waals surface area (Å²) in [7, 11) is -2.44. The third-order valence-corrected chi connectivity index (χ3v) is 5.19. The molecule has 3 aromatic rings. The maximum atomic E-state index is 12.5. The quantitative estimate of drug-likeness (QED) is 0.712. The zero-order chi connectivity index (χ0) is 17.9. The lowest BCUT2D eigenvalue weighted by atomic mass is 10.3. The number of rotatable bonds is 6. The minimum Gasteiger partial charge on any atom is -0.497 e. The lowest BCUT2D eigenvalue weighted by Gasteiger charge is -2.09. The molecule has 0 fully saturated rings. The average Bonchev–Trinajstić information content (AvgIpc) is 3.02. The van der Waals surface area contributed by atoms with Crippen molar-refractivity contribution in [3.05, 3.63) is 65.6 Å². The molecular formula is C16H15ClN4O3S. The fourth-order valence-electron chi connectivity index (χ4n) is 2.17. The second kappa shape index (κ2) is 7.12. The molecule has 0 radical (unpaired) electrons. The first kappa shape index (κ1) is 17.2. The zero-order valence-corrected chi connectivity index (χ0v) is 14.8. The molecule has 0 spiro atoms. The summed E-state index contributed by atoms with van der Waals surface area (Å²) in [6, 6.07) is 11.5. The van der Waals surface area contributed by atoms with Gasteiger partial charge >= 0.3 is 0 Å². The molecule has 0 atom stereocenters. The van der Waals surface area contributed by atoms with Gasteiger partial charge in [0.25, 0.3) is 10.0 Å². The average molecular weight is 379 g/mol. The Morgan fingerprint density at radius 2 is 2.08 bits per heavy atom. The predicted molar refractivity (Wildman–Crippen MR) is 94.4 cm³/mol. The SMILES string of the molecule is COc1ccc(Cl)c(S(=O)(=O)Nc2ccn(Cc3ccccn3)n2)c1. The van der Waals surface area contributed by atoms with Gasteiger partial charge in [-0.15, -0.1) is 0 Å². The number of nitrogens with one attached hydrogen (secondary N) is 1. The first-order valence-electron chi connectivity index (χ1n) is 7.28. The third kappa shape index (κ3) is 4.09. The lowest BCUT2D eigenvalue weighted by molar-refractivity contribution is 0.413. The third-order valence-electron chi connectivity index (χ3n) is 3.36. The summed E-state index contributed by atoms with van der Waals surface area (Å²) in [5.74, 6) is 0.584. The van der Waals surface area contributed by atoms with E-state index >= 15 is 0 Å². The number of hydrogen-bond donors (Lipinski definition) is 1. The molecule has 2 heterocycles. The van der Waals surface area contributed by atoms with Crippen LogP contribution in [0.4, 0.5) is 5.82 Å². The molecule has 130 valence electrons. The molecule has 2 aromatic heterocycles. The topological polar surface area (TPSA) is 86.1 Å². The summed E-state index contributed by atoms with van der Waals surface area (Å²) >= 11 is 6.01. The van der Waals surface area contributed by atoms with Crippen LogP contribution >= 0.6 is 11.6 Å². The second-order valence-electron chi connectivity index (χ2n) is 5.12. The van der Waals surface area contributed by atoms with E-state index in [4.69, 9.17) is 16.3 Å². The standard InChI is InChI=1S/C16H15ClN4O3S/c1-24-13-5-6-14(17)15(10-13)25(22,23)20-16-7-9-21(19-16)11-12-4-2-3-8-18-12/h2-10H,11H2,1H3,(H,19,20). The number of pyridine rings is 1. The van der Waals surface area contributed by atoms with Crippen LogP contribution in [-0.2, 0) is 16.6 Å². The largest absolute Gasteiger partial charge is 0.497 e. The number of ether oxygens (including phenoxy) is 1. The summed E-state index contributed by atoms with van der Waals surface area (Å²) in [4.78, 5) is 4.13. The molecule has 0 amide bonds. The van der Waals surface area contributed by atoms with E-state index in [1.165, 1.54) is 19.2 Å². The molecule has 0 aliphatic heterocycles. The summed E-state index contributed by atoms with van der Waals surface area (Å²) < 4.78 is 34.1. The number of benzene rings is 1. The molecule has 25 heavy (non-hydrogen) atoms. The van der Waals surface area contributed by atoms with Crippen LogP contribution in [0.2, 0.25) is 5.02 Å². The van der Waals surface area contributed by atoms with Crippen molar-refractivity contribution >= 4 is 27.4 Å². The normalized spacial score (nSPS) is 11.3. The molecule has 0 saturated heterocycles. The van der Waals surface area contributed by atoms with Crippen LogP contribution in [-0.4, -0.2) is 30.3 Å². The summed E-state index contributed by atoms with van der Waals surface area (Å²) in [6.45, 7) is 0.433. The fraction of sp³-hybridized carbons (Fsp3) is 0.125. The molecule has 1 N–H and O–H groups in total. The summed E-state index contributed by atoms with van der Waals surface area (Å²) in [5.41, 5.74) is 0.816. The Morgan fingerprint density at radius 3 is 2.80 bits per heavy atom. The van der Waals surface area contributed by atoms with Gasteiger partial charge in [0.1, 0.15) is 10.6 Å². The highest BCUT2D eigenvalue weighted by molar-refractivity contribution is 7.92. The monoisotopic (exact) mass is 378 g/mol. The van der Waals surface area contributed by atoms with Crippen molar-refractivity contribution in [2.24, 2.45) is 0 Å². The maximum absolute atomic E-state index is 12.5. The van der Waals surface area contributed by atoms with Crippen molar-refractivity contribution in [1.29, 1.82) is 0 Å². The summed E-state index contributed by atoms with van der Waals surface area (Å²) in [5, 5.41) is 4.30. The van der Waals surface area contributed by atoms with Gasteiger partial charge < -0.3 is 4.74 Å². The Balaban J connectivity index is 1.80. The molecule has 0 bridgehead atoms. The van der Waals surface area contributed by atoms with Gasteiger partial charge in [-0.2, -0.15) is 5.10 Å². The number of methoxy groups -OCH3 is 1. The number of sulfonamides is 1. The molecule has 1 aromatic carbocycles. The molecule has 3 rings (SSSR count). The number of anilines is 1. The second-order valence-corrected chi connectivity index (χ2v) is 7.18. The van der Waals surface area contributed by atoms with Gasteiger partial charge in [0.2, 0.25) is 0 Å². The van der Waals surface area contributed by atoms with E-state index in [9.17, 15) is 8.42 Å². The van der Waals surface area contributed by atoms with Crippen molar-refractivity contribution in [2.75, 3.05) is 11.8 Å². The van der Waals surface area contributed by atoms with Crippen LogP contribution in [0.15, 0.2) is 59.8 Å². The van der Waals surface area contributed by atoms with Gasteiger partial charge in [0, 0.05) is 24.5 Å². The smallest absolute Gasteiger partial charge is 0.264 e. The fourth-order valence-corrected chi connectivity index (χ4v) is 3.68. The van der Waals surface area contributed by atoms with Crippen LogP contribution in [0.25, 0.3) is 0 Å². The minimum absolute atomic E-state index is 0.0761. The van der Waals surface area contributed by atoms with Gasteiger partial charge in [0.15, 0.2) is 5.82 Å². The van der Waals surface area contributed by atoms with Crippen LogP contribution in [0.3, 0.4) is 0 Å². The zero-order valence-electron chi connectivity index (χ0n) is 13.3. The van der Waals surface area contributed by atoms with Gasteiger partial charge in [0.05, 0.1) is 24.4 Å². The molecule has 0 aliphatic rings. The predicted octanol–water partition coefficient (Wildman–Crippen LogP) is 2.79. The molecule has 0 aliphatic carbocycles. The highest BCUT2D eigenvalue weighted by Gasteiger charge is 2.20. The van der Waals surface area contributed by atoms with Gasteiger partial charge in [-0.1, -0.05) is 17.7 Å². The van der Waals surface area contributed by atoms with Crippen LogP contribution in [0.5, 0.6) is 5.75 Å². The van der Waals surface area contributed by atoms with E-state index in [1.807, 2.05) is 18.2 Å². The minimum atomic E-state index is -3.89. The number of halogens is 1. The Labute approximate surface area is 150 Å². The van der Waals surface area contributed by atoms with Crippen molar-refractivity contribution < 1.29 is 13.2 Å². The van der Waals surface area contributed by atoms with Crippen LogP contribution in [0.1, 0.15) is 5.69 Å². The molecular weight excluding hydrogens is 364 g/mol. The van der Waals surface area contributed by atoms with Crippen LogP contribution in [0, 0.1) is 0 Å². The maximum Gasteiger partial charge on any atom is 0.264 e. The number of hydrogen-bond acceptors (Lipinski definition) is 5. The van der Waals surface area contributed by atoms with E-state index in [0.29, 0.717) is 12.3 Å². The molecule has 0 unspecified atom stereocenters. The molecule has 9 heteroatoms. The van der Waals surface area contributed by atoms with E-state index in [-0.39, 0.29) is 15.7 Å². The van der Waals surface area contributed by atoms with Gasteiger partial charge in [-0.25, -0.2) is 8.42 Å². The molecule has 0 saturated carbocycles. The van der Waals surface area contributed by atoms with E-state index in [0.717, 1.165) is 5.69 Å². The Hall–Kier alpha value is -2.58. The first-order chi connectivity index (χ1) is 12.0. The molecule has 7 nitrogen and oxygen atoms in total. The highest BCUT2D eigenvalue weighted by Crippen LogP contribution is 2.27. The van der Waals surface area contributed by atoms with E-state index in [1.54, 1.807) is 29.2 Å². The van der Waals surface area contributed by atoms with Crippen LogP contribution < -0.4 is 9.46 Å². The van der Waals surface area contributed by atoms with E-state index in [2.05, 4.69) is 14.8 Å². The summed E-state index contributed by atoms with van der Waals surface area (Å²) in [6.07, 6.45) is 3.35. The highest BCUT2D eigenvalue weighted by atomic mass is 35.5. The number of aromatic nitrogens is 3. The van der Waals surface area contributed by atoms with Gasteiger partial charge in [-0.05, 0) is 24.3 Å².